The zero-order valence-corrected chi connectivity index (χ0v) is 27.9. The van der Waals surface area contributed by atoms with Gasteiger partial charge < -0.3 is 9.47 Å². The highest BCUT2D eigenvalue weighted by Crippen LogP contribution is 2.74. The molecule has 0 N–H and O–H groups in total. The van der Waals surface area contributed by atoms with Crippen LogP contribution in [0.25, 0.3) is 0 Å². The molecule has 0 radical (unpaired) electrons. The molecule has 1 aliphatic heterocycles. The Morgan fingerprint density at radius 1 is 1.14 bits per heavy atom. The first kappa shape index (κ1) is 31.7. The smallest absolute Gasteiger partial charge is 0.311 e. The van der Waals surface area contributed by atoms with Crippen LogP contribution in [-0.2, 0) is 23.9 Å². The summed E-state index contributed by atoms with van der Waals surface area (Å²) in [5.41, 5.74) is -1.17. The summed E-state index contributed by atoms with van der Waals surface area (Å²) in [7, 11) is 1.47. The molecular weight excluding hydrogens is 542 g/mol. The van der Waals surface area contributed by atoms with E-state index in [9.17, 15) is 19.6 Å². The summed E-state index contributed by atoms with van der Waals surface area (Å²) in [5, 5.41) is 16.1. The van der Waals surface area contributed by atoms with E-state index in [0.717, 1.165) is 38.5 Å². The van der Waals surface area contributed by atoms with E-state index in [-0.39, 0.29) is 58.1 Å². The Morgan fingerprint density at radius 2 is 1.79 bits per heavy atom. The predicted octanol–water partition coefficient (Wildman–Crippen LogP) is 6.80. The lowest BCUT2D eigenvalue weighted by Gasteiger charge is -2.69. The Labute approximate surface area is 257 Å². The van der Waals surface area contributed by atoms with Crippen LogP contribution < -0.4 is 0 Å². The van der Waals surface area contributed by atoms with E-state index in [1.807, 2.05) is 13.0 Å². The molecule has 0 unspecified atom stereocenters. The van der Waals surface area contributed by atoms with Gasteiger partial charge in [-0.1, -0.05) is 47.1 Å². The average molecular weight is 594 g/mol. The third-order valence-corrected chi connectivity index (χ3v) is 13.6. The third kappa shape index (κ3) is 4.26. The molecule has 0 aromatic carbocycles. The molecule has 0 saturated heterocycles. The lowest BCUT2D eigenvalue weighted by atomic mass is 9.34. The zero-order valence-electron chi connectivity index (χ0n) is 27.9. The number of hydrogen-bond acceptors (Lipinski definition) is 7. The van der Waals surface area contributed by atoms with Crippen molar-refractivity contribution in [2.45, 2.75) is 120 Å². The number of carbonyl (C=O) groups excluding carboxylic acids is 3. The van der Waals surface area contributed by atoms with E-state index in [0.29, 0.717) is 12.3 Å². The number of hydrogen-bond donors (Lipinski definition) is 0. The molecule has 236 valence electrons. The molecular formula is C35H51N3O5. The molecule has 4 aliphatic carbocycles. The molecule has 5 rings (SSSR count). The topological polar surface area (TPSA) is 109 Å². The van der Waals surface area contributed by atoms with Gasteiger partial charge in [0, 0.05) is 31.6 Å². The van der Waals surface area contributed by atoms with E-state index < -0.39 is 22.5 Å². The second kappa shape index (κ2) is 9.91. The number of ketones is 1. The van der Waals surface area contributed by atoms with Gasteiger partial charge >= 0.3 is 5.97 Å². The molecule has 0 bridgehead atoms. The van der Waals surface area contributed by atoms with E-state index in [1.165, 1.54) is 24.6 Å². The monoisotopic (exact) mass is 593 g/mol. The number of carbonyl (C=O) groups is 3. The van der Waals surface area contributed by atoms with Crippen molar-refractivity contribution in [2.24, 2.45) is 55.3 Å². The van der Waals surface area contributed by atoms with Crippen LogP contribution in [0.15, 0.2) is 16.8 Å². The van der Waals surface area contributed by atoms with Crippen LogP contribution in [-0.4, -0.2) is 41.9 Å². The molecule has 0 aromatic heterocycles. The Balaban J connectivity index is 1.60. The standard InChI is InChI=1S/C35H51N3O5/c1-21-37-38(22(2)39)28(43-21)30(3,4)26-11-12-35(9)27(33(26,7)17-18-36)25(40)19-23-24-20-32(6,29(41)42-10)14-13-31(24,5)15-16-34(23,35)8/h19,24,26-28H,11-17,20H2,1-10H3/t24-,26-,27+,28-,31+,32-,33-,34+,35+/m0/s1. The Bertz CT molecular complexity index is 1340. The van der Waals surface area contributed by atoms with Crippen LogP contribution in [0, 0.1) is 61.6 Å². The van der Waals surface area contributed by atoms with Gasteiger partial charge in [0.1, 0.15) is 0 Å². The van der Waals surface area contributed by atoms with Crippen molar-refractivity contribution in [2.75, 3.05) is 7.11 Å². The Hall–Kier alpha value is -2.69. The van der Waals surface area contributed by atoms with E-state index in [1.54, 1.807) is 6.92 Å². The van der Waals surface area contributed by atoms with Crippen molar-refractivity contribution < 1.29 is 23.9 Å². The fourth-order valence-electron chi connectivity index (χ4n) is 10.9. The first-order valence-electron chi connectivity index (χ1n) is 16.1. The summed E-state index contributed by atoms with van der Waals surface area (Å²) in [5.74, 6) is -0.111. The average Bonchev–Trinajstić information content (AvgIpc) is 3.33. The number of hydrazone groups is 1. The van der Waals surface area contributed by atoms with Gasteiger partial charge in [0.15, 0.2) is 5.78 Å². The molecule has 3 saturated carbocycles. The minimum Gasteiger partial charge on any atom is -0.469 e. The van der Waals surface area contributed by atoms with Gasteiger partial charge in [0.25, 0.3) is 0 Å². The maximum absolute atomic E-state index is 14.7. The molecule has 1 amide bonds. The van der Waals surface area contributed by atoms with Crippen LogP contribution >= 0.6 is 0 Å². The lowest BCUT2D eigenvalue weighted by molar-refractivity contribution is -0.192. The fraction of sp³-hybridized carbons (Fsp3) is 0.800. The van der Waals surface area contributed by atoms with Crippen molar-refractivity contribution in [3.8, 4) is 6.07 Å². The number of rotatable bonds is 4. The van der Waals surface area contributed by atoms with Crippen LogP contribution in [0.1, 0.15) is 114 Å². The number of allylic oxidation sites excluding steroid dienone is 2. The Morgan fingerprint density at radius 3 is 2.40 bits per heavy atom. The van der Waals surface area contributed by atoms with Gasteiger partial charge in [-0.15, -0.1) is 5.10 Å². The van der Waals surface area contributed by atoms with Gasteiger partial charge in [-0.05, 0) is 91.4 Å². The summed E-state index contributed by atoms with van der Waals surface area (Å²) < 4.78 is 11.4. The van der Waals surface area contributed by atoms with Crippen molar-refractivity contribution in [3.05, 3.63) is 11.6 Å². The predicted molar refractivity (Wildman–Crippen MR) is 163 cm³/mol. The zero-order chi connectivity index (χ0) is 32.0. The molecule has 8 heteroatoms. The van der Waals surface area contributed by atoms with Crippen LogP contribution in [0.5, 0.6) is 0 Å². The highest BCUT2D eigenvalue weighted by molar-refractivity contribution is 5.95. The number of nitrogens with zero attached hydrogens (tertiary/aromatic N) is 3. The number of ether oxygens (including phenoxy) is 2. The van der Waals surface area contributed by atoms with Gasteiger partial charge in [0.05, 0.1) is 18.6 Å². The second-order valence-corrected chi connectivity index (χ2v) is 16.4. The van der Waals surface area contributed by atoms with Gasteiger partial charge in [-0.2, -0.15) is 10.3 Å². The van der Waals surface area contributed by atoms with Crippen molar-refractivity contribution in [1.82, 2.24) is 5.01 Å². The van der Waals surface area contributed by atoms with Crippen molar-refractivity contribution in [3.63, 3.8) is 0 Å². The number of esters is 1. The summed E-state index contributed by atoms with van der Waals surface area (Å²) in [4.78, 5) is 40.2. The molecule has 8 nitrogen and oxygen atoms in total. The quantitative estimate of drug-likeness (QED) is 0.332. The largest absolute Gasteiger partial charge is 0.469 e. The molecule has 0 spiro atoms. The van der Waals surface area contributed by atoms with E-state index >= 15 is 0 Å². The molecule has 3 fully saturated rings. The first-order chi connectivity index (χ1) is 19.8. The lowest BCUT2D eigenvalue weighted by Crippen LogP contribution is -2.65. The van der Waals surface area contributed by atoms with Crippen molar-refractivity contribution in [1.29, 1.82) is 5.26 Å². The fourth-order valence-corrected chi connectivity index (χ4v) is 10.9. The van der Waals surface area contributed by atoms with E-state index in [2.05, 4.69) is 52.7 Å². The maximum Gasteiger partial charge on any atom is 0.311 e. The van der Waals surface area contributed by atoms with Gasteiger partial charge in [-0.3, -0.25) is 14.4 Å². The highest BCUT2D eigenvalue weighted by Gasteiger charge is 2.70. The molecule has 9 atom stereocenters. The molecule has 1 heterocycles. The van der Waals surface area contributed by atoms with Crippen LogP contribution in [0.2, 0.25) is 0 Å². The summed E-state index contributed by atoms with van der Waals surface area (Å²) >= 11 is 0. The first-order valence-corrected chi connectivity index (χ1v) is 16.1. The minimum absolute atomic E-state index is 0.0331. The number of methoxy groups -OCH3 is 1. The van der Waals surface area contributed by atoms with Gasteiger partial charge in [0.2, 0.25) is 18.0 Å². The summed E-state index contributed by atoms with van der Waals surface area (Å²) in [6.07, 6.45) is 7.66. The minimum atomic E-state index is -0.649. The van der Waals surface area contributed by atoms with E-state index in [4.69, 9.17) is 9.47 Å². The SMILES string of the molecule is COC(=O)[C@@]1(C)CC[C@]2(C)CC[C@]3(C)C(=CC(=O)[C@@H]4[C@@](C)(CC#N)[C@H](C(C)(C)[C@@H]5OC(C)=NN5C(C)=O)CC[C@]43C)[C@@H]2C1. The molecule has 0 aromatic rings. The maximum atomic E-state index is 14.7. The molecule has 5 aliphatic rings. The van der Waals surface area contributed by atoms with Gasteiger partial charge in [-0.25, -0.2) is 0 Å². The Kier molecular flexibility index (Phi) is 7.31. The van der Waals surface area contributed by atoms with Crippen molar-refractivity contribution >= 4 is 23.6 Å². The second-order valence-electron chi connectivity index (χ2n) is 16.4. The number of fused-ring (bicyclic) bond motifs is 5. The number of nitriles is 1. The number of amides is 1. The molecule has 43 heavy (non-hydrogen) atoms. The highest BCUT2D eigenvalue weighted by atomic mass is 16.5. The third-order valence-electron chi connectivity index (χ3n) is 13.6. The van der Waals surface area contributed by atoms with Crippen LogP contribution in [0.3, 0.4) is 0 Å². The van der Waals surface area contributed by atoms with Crippen LogP contribution in [0.4, 0.5) is 0 Å². The normalized spacial score (nSPS) is 44.1. The summed E-state index contributed by atoms with van der Waals surface area (Å²) in [6.45, 7) is 18.6. The summed E-state index contributed by atoms with van der Waals surface area (Å²) in [6, 6.07) is 2.48.